The van der Waals surface area contributed by atoms with Crippen LogP contribution in [0.1, 0.15) is 49.7 Å². The minimum atomic E-state index is 0.653. The van der Waals surface area contributed by atoms with Gasteiger partial charge in [0.05, 0.1) is 13.7 Å². The molecule has 1 aliphatic carbocycles. The summed E-state index contributed by atoms with van der Waals surface area (Å²) in [5, 5.41) is 3.72. The summed E-state index contributed by atoms with van der Waals surface area (Å²) in [5.74, 6) is 1.64. The molecule has 2 aromatic carbocycles. The highest BCUT2D eigenvalue weighted by Gasteiger charge is 2.12. The second kappa shape index (κ2) is 10.2. The van der Waals surface area contributed by atoms with Crippen LogP contribution in [0.25, 0.3) is 0 Å². The van der Waals surface area contributed by atoms with Gasteiger partial charge >= 0.3 is 0 Å². The van der Waals surface area contributed by atoms with E-state index in [0.29, 0.717) is 12.6 Å². The maximum absolute atomic E-state index is 5.95. The molecule has 3 heteroatoms. The van der Waals surface area contributed by atoms with Gasteiger partial charge in [0.1, 0.15) is 0 Å². The Morgan fingerprint density at radius 3 is 2.38 bits per heavy atom. The molecule has 1 aliphatic rings. The fraction of sp³-hybridized carbons (Fsp3) is 0.478. The standard InChI is InChI=1S/C23H31NO2/c1-25-23-17-20(18-24-21-11-7-2-3-8-12-21)13-14-22(23)26-16-15-19-9-5-4-6-10-19/h4-6,9-10,13-14,17,21,24H,2-3,7-8,11-12,15-16,18H2,1H3. The monoisotopic (exact) mass is 353 g/mol. The van der Waals surface area contributed by atoms with Crippen LogP contribution in [-0.4, -0.2) is 19.8 Å². The molecular formula is C23H31NO2. The maximum Gasteiger partial charge on any atom is 0.161 e. The van der Waals surface area contributed by atoms with Crippen molar-refractivity contribution in [2.24, 2.45) is 0 Å². The van der Waals surface area contributed by atoms with Crippen LogP contribution in [0, 0.1) is 0 Å². The van der Waals surface area contributed by atoms with E-state index in [-0.39, 0.29) is 0 Å². The van der Waals surface area contributed by atoms with Gasteiger partial charge in [-0.15, -0.1) is 0 Å². The van der Waals surface area contributed by atoms with Crippen LogP contribution in [0.3, 0.4) is 0 Å². The van der Waals surface area contributed by atoms with Crippen molar-refractivity contribution in [1.82, 2.24) is 5.32 Å². The minimum Gasteiger partial charge on any atom is -0.493 e. The van der Waals surface area contributed by atoms with Crippen molar-refractivity contribution < 1.29 is 9.47 Å². The van der Waals surface area contributed by atoms with Crippen LogP contribution in [0.2, 0.25) is 0 Å². The third kappa shape index (κ3) is 5.77. The van der Waals surface area contributed by atoms with Gasteiger partial charge in [-0.1, -0.05) is 62.1 Å². The first-order chi connectivity index (χ1) is 12.8. The van der Waals surface area contributed by atoms with Crippen LogP contribution < -0.4 is 14.8 Å². The van der Waals surface area contributed by atoms with E-state index in [2.05, 4.69) is 41.7 Å². The molecule has 3 nitrogen and oxygen atoms in total. The molecule has 140 valence electrons. The van der Waals surface area contributed by atoms with Crippen molar-refractivity contribution in [2.75, 3.05) is 13.7 Å². The van der Waals surface area contributed by atoms with Crippen molar-refractivity contribution in [3.8, 4) is 11.5 Å². The average Bonchev–Trinajstić information content (AvgIpc) is 2.96. The van der Waals surface area contributed by atoms with Crippen molar-refractivity contribution in [3.63, 3.8) is 0 Å². The second-order valence-electron chi connectivity index (χ2n) is 7.14. The summed E-state index contributed by atoms with van der Waals surface area (Å²) in [6, 6.07) is 17.4. The van der Waals surface area contributed by atoms with E-state index in [1.54, 1.807) is 7.11 Å². The Kier molecular flexibility index (Phi) is 7.38. The van der Waals surface area contributed by atoms with Crippen molar-refractivity contribution in [2.45, 2.75) is 57.5 Å². The normalized spacial score (nSPS) is 15.4. The summed E-state index contributed by atoms with van der Waals surface area (Å²) < 4.78 is 11.5. The zero-order chi connectivity index (χ0) is 18.0. The molecule has 3 rings (SSSR count). The highest BCUT2D eigenvalue weighted by atomic mass is 16.5. The van der Waals surface area contributed by atoms with Crippen LogP contribution in [-0.2, 0) is 13.0 Å². The molecule has 1 N–H and O–H groups in total. The lowest BCUT2D eigenvalue weighted by atomic mass is 10.1. The van der Waals surface area contributed by atoms with Gasteiger partial charge in [0, 0.05) is 19.0 Å². The smallest absolute Gasteiger partial charge is 0.161 e. The summed E-state index contributed by atoms with van der Waals surface area (Å²) in [5.41, 5.74) is 2.54. The molecular weight excluding hydrogens is 322 g/mol. The van der Waals surface area contributed by atoms with Gasteiger partial charge in [0.25, 0.3) is 0 Å². The number of hydrogen-bond donors (Lipinski definition) is 1. The highest BCUT2D eigenvalue weighted by molar-refractivity contribution is 5.43. The molecule has 0 radical (unpaired) electrons. The third-order valence-corrected chi connectivity index (χ3v) is 5.17. The summed E-state index contributed by atoms with van der Waals surface area (Å²) in [6.07, 6.45) is 9.00. The van der Waals surface area contributed by atoms with Gasteiger partial charge in [-0.3, -0.25) is 0 Å². The SMILES string of the molecule is COc1cc(CNC2CCCCCC2)ccc1OCCc1ccccc1. The first-order valence-electron chi connectivity index (χ1n) is 9.92. The molecule has 0 heterocycles. The van der Waals surface area contributed by atoms with Crippen LogP contribution >= 0.6 is 0 Å². The Labute approximate surface area is 157 Å². The summed E-state index contributed by atoms with van der Waals surface area (Å²) in [4.78, 5) is 0. The first-order valence-corrected chi connectivity index (χ1v) is 9.92. The minimum absolute atomic E-state index is 0.653. The number of hydrogen-bond acceptors (Lipinski definition) is 3. The second-order valence-corrected chi connectivity index (χ2v) is 7.14. The van der Waals surface area contributed by atoms with E-state index in [4.69, 9.17) is 9.47 Å². The van der Waals surface area contributed by atoms with Crippen LogP contribution in [0.4, 0.5) is 0 Å². The average molecular weight is 354 g/mol. The lowest BCUT2D eigenvalue weighted by Gasteiger charge is -2.17. The molecule has 1 fully saturated rings. The number of nitrogens with one attached hydrogen (secondary N) is 1. The molecule has 0 aromatic heterocycles. The van der Waals surface area contributed by atoms with Crippen LogP contribution in [0.15, 0.2) is 48.5 Å². The van der Waals surface area contributed by atoms with Gasteiger partial charge in [-0.05, 0) is 36.1 Å². The zero-order valence-electron chi connectivity index (χ0n) is 15.9. The fourth-order valence-electron chi connectivity index (χ4n) is 3.61. The number of methoxy groups -OCH3 is 1. The highest BCUT2D eigenvalue weighted by Crippen LogP contribution is 2.28. The molecule has 1 saturated carbocycles. The zero-order valence-corrected chi connectivity index (χ0v) is 15.9. The molecule has 0 bridgehead atoms. The number of ether oxygens (including phenoxy) is 2. The van der Waals surface area contributed by atoms with E-state index in [0.717, 1.165) is 24.5 Å². The molecule has 0 spiro atoms. The van der Waals surface area contributed by atoms with E-state index >= 15 is 0 Å². The maximum atomic E-state index is 5.95. The summed E-state index contributed by atoms with van der Waals surface area (Å²) >= 11 is 0. The molecule has 0 amide bonds. The Bertz CT molecular complexity index is 649. The summed E-state index contributed by atoms with van der Waals surface area (Å²) in [6.45, 7) is 1.55. The number of rotatable bonds is 8. The number of benzene rings is 2. The van der Waals surface area contributed by atoms with E-state index < -0.39 is 0 Å². The Morgan fingerprint density at radius 1 is 0.885 bits per heavy atom. The Morgan fingerprint density at radius 2 is 1.65 bits per heavy atom. The molecule has 0 atom stereocenters. The van der Waals surface area contributed by atoms with Crippen molar-refractivity contribution >= 4 is 0 Å². The van der Waals surface area contributed by atoms with Crippen molar-refractivity contribution in [1.29, 1.82) is 0 Å². The van der Waals surface area contributed by atoms with Gasteiger partial charge in [-0.2, -0.15) is 0 Å². The van der Waals surface area contributed by atoms with E-state index in [1.165, 1.54) is 49.7 Å². The third-order valence-electron chi connectivity index (χ3n) is 5.17. The quantitative estimate of drug-likeness (QED) is 0.668. The lowest BCUT2D eigenvalue weighted by molar-refractivity contribution is 0.297. The predicted molar refractivity (Wildman–Crippen MR) is 107 cm³/mol. The Hall–Kier alpha value is -2.00. The lowest BCUT2D eigenvalue weighted by Crippen LogP contribution is -2.27. The largest absolute Gasteiger partial charge is 0.493 e. The predicted octanol–water partition coefficient (Wildman–Crippen LogP) is 5.13. The van der Waals surface area contributed by atoms with Gasteiger partial charge in [0.2, 0.25) is 0 Å². The van der Waals surface area contributed by atoms with Gasteiger partial charge in [0.15, 0.2) is 11.5 Å². The first kappa shape index (κ1) is 18.8. The van der Waals surface area contributed by atoms with Gasteiger partial charge < -0.3 is 14.8 Å². The molecule has 0 aliphatic heterocycles. The van der Waals surface area contributed by atoms with E-state index in [9.17, 15) is 0 Å². The molecule has 2 aromatic rings. The van der Waals surface area contributed by atoms with Gasteiger partial charge in [-0.25, -0.2) is 0 Å². The fourth-order valence-corrected chi connectivity index (χ4v) is 3.61. The molecule has 26 heavy (non-hydrogen) atoms. The van der Waals surface area contributed by atoms with E-state index in [1.807, 2.05) is 12.1 Å². The topological polar surface area (TPSA) is 30.5 Å². The summed E-state index contributed by atoms with van der Waals surface area (Å²) in [7, 11) is 1.71. The Balaban J connectivity index is 1.51. The molecule has 0 saturated heterocycles. The molecule has 0 unspecified atom stereocenters. The van der Waals surface area contributed by atoms with Crippen LogP contribution in [0.5, 0.6) is 11.5 Å². The van der Waals surface area contributed by atoms with Crippen molar-refractivity contribution in [3.05, 3.63) is 59.7 Å².